The van der Waals surface area contributed by atoms with Crippen LogP contribution in [0, 0.1) is 5.92 Å². The number of carbonyl (C=O) groups excluding carboxylic acids is 1. The van der Waals surface area contributed by atoms with E-state index in [0.717, 1.165) is 31.2 Å². The highest BCUT2D eigenvalue weighted by molar-refractivity contribution is 5.65. The molecule has 0 aliphatic carbocycles. The lowest BCUT2D eigenvalue weighted by atomic mass is 9.94. The summed E-state index contributed by atoms with van der Waals surface area (Å²) in [7, 11) is 0. The fourth-order valence-corrected chi connectivity index (χ4v) is 2.86. The molecule has 0 fully saturated rings. The summed E-state index contributed by atoms with van der Waals surface area (Å²) in [6.45, 7) is 7.61. The Morgan fingerprint density at radius 1 is 1.17 bits per heavy atom. The molecule has 1 unspecified atom stereocenters. The maximum Gasteiger partial charge on any atom is 0.352 e. The number of unbranched alkanes of at least 4 members (excludes halogenated alkanes) is 2. The summed E-state index contributed by atoms with van der Waals surface area (Å²) in [6.07, 6.45) is 5.60. The zero-order chi connectivity index (χ0) is 21.5. The Morgan fingerprint density at radius 2 is 1.93 bits per heavy atom. The molecule has 0 bridgehead atoms. The van der Waals surface area contributed by atoms with Crippen LogP contribution in [0.5, 0.6) is 11.5 Å². The number of ether oxygens (including phenoxy) is 2. The molecule has 0 amide bonds. The van der Waals surface area contributed by atoms with Gasteiger partial charge in [-0.2, -0.15) is 0 Å². The van der Waals surface area contributed by atoms with Crippen LogP contribution in [-0.2, 0) is 20.8 Å². The average molecular weight is 411 g/mol. The van der Waals surface area contributed by atoms with Crippen molar-refractivity contribution >= 4 is 5.97 Å². The molecule has 0 saturated heterocycles. The van der Waals surface area contributed by atoms with E-state index in [-0.39, 0.29) is 19.3 Å². The van der Waals surface area contributed by atoms with Crippen molar-refractivity contribution in [2.24, 2.45) is 5.92 Å². The van der Waals surface area contributed by atoms with Crippen LogP contribution in [0.2, 0.25) is 0 Å². The van der Waals surface area contributed by atoms with E-state index < -0.39 is 5.97 Å². The van der Waals surface area contributed by atoms with Crippen LogP contribution < -0.4 is 9.62 Å². The minimum Gasteiger partial charge on any atom is -0.493 e. The quantitative estimate of drug-likeness (QED) is 0.141. The monoisotopic (exact) mass is 410 g/mol. The summed E-state index contributed by atoms with van der Waals surface area (Å²) < 4.78 is 11.0. The molecule has 0 aliphatic heterocycles. The second-order valence-electron chi connectivity index (χ2n) is 7.04. The van der Waals surface area contributed by atoms with Gasteiger partial charge in [-0.15, -0.1) is 0 Å². The SMILES string of the molecule is C=C(CO)CCOc1cc(CC(CCCCC)COCO)cc(OOC(C)=O)c1. The van der Waals surface area contributed by atoms with Crippen LogP contribution in [0.3, 0.4) is 0 Å². The molecule has 7 heteroatoms. The minimum absolute atomic E-state index is 0.0749. The Balaban J connectivity index is 2.88. The van der Waals surface area contributed by atoms with Crippen molar-refractivity contribution in [3.05, 3.63) is 35.9 Å². The van der Waals surface area contributed by atoms with Gasteiger partial charge in [0.2, 0.25) is 0 Å². The first-order valence-corrected chi connectivity index (χ1v) is 10.1. The molecule has 0 radical (unpaired) electrons. The van der Waals surface area contributed by atoms with Crippen LogP contribution in [0.25, 0.3) is 0 Å². The minimum atomic E-state index is -0.550. The van der Waals surface area contributed by atoms with Gasteiger partial charge in [-0.25, -0.2) is 4.79 Å². The Labute approximate surface area is 173 Å². The second kappa shape index (κ2) is 14.8. The van der Waals surface area contributed by atoms with Crippen molar-refractivity contribution in [3.8, 4) is 11.5 Å². The molecule has 1 aromatic carbocycles. The third kappa shape index (κ3) is 11.5. The second-order valence-corrected chi connectivity index (χ2v) is 7.04. The molecule has 0 saturated carbocycles. The first kappa shape index (κ1) is 24.9. The molecule has 7 nitrogen and oxygen atoms in total. The topological polar surface area (TPSA) is 94.5 Å². The van der Waals surface area contributed by atoms with Crippen LogP contribution in [0.1, 0.15) is 51.5 Å². The zero-order valence-electron chi connectivity index (χ0n) is 17.5. The molecule has 0 aromatic heterocycles. The lowest BCUT2D eigenvalue weighted by Crippen LogP contribution is -2.14. The van der Waals surface area contributed by atoms with Crippen molar-refractivity contribution in [1.82, 2.24) is 0 Å². The third-order valence-corrected chi connectivity index (χ3v) is 4.33. The van der Waals surface area contributed by atoms with Crippen molar-refractivity contribution in [3.63, 3.8) is 0 Å². The van der Waals surface area contributed by atoms with E-state index in [0.29, 0.717) is 43.1 Å². The predicted molar refractivity (Wildman–Crippen MR) is 110 cm³/mol. The molecule has 2 N–H and O–H groups in total. The van der Waals surface area contributed by atoms with Crippen LogP contribution in [0.4, 0.5) is 0 Å². The average Bonchev–Trinajstić information content (AvgIpc) is 2.70. The largest absolute Gasteiger partial charge is 0.493 e. The third-order valence-electron chi connectivity index (χ3n) is 4.33. The van der Waals surface area contributed by atoms with E-state index >= 15 is 0 Å². The summed E-state index contributed by atoms with van der Waals surface area (Å²) >= 11 is 0. The maximum absolute atomic E-state index is 11.1. The van der Waals surface area contributed by atoms with Gasteiger partial charge < -0.3 is 19.7 Å². The molecular weight excluding hydrogens is 376 g/mol. The van der Waals surface area contributed by atoms with Gasteiger partial charge in [-0.1, -0.05) is 32.8 Å². The molecule has 1 atom stereocenters. The van der Waals surface area contributed by atoms with Gasteiger partial charge in [0.05, 0.1) is 19.8 Å². The Bertz CT molecular complexity index is 615. The van der Waals surface area contributed by atoms with Crippen LogP contribution in [-0.4, -0.2) is 42.8 Å². The van der Waals surface area contributed by atoms with Crippen LogP contribution in [0.15, 0.2) is 30.4 Å². The molecular formula is C22H34O7. The van der Waals surface area contributed by atoms with E-state index in [9.17, 15) is 4.79 Å². The van der Waals surface area contributed by atoms with Gasteiger partial charge in [0.1, 0.15) is 12.5 Å². The number of rotatable bonds is 16. The smallest absolute Gasteiger partial charge is 0.352 e. The van der Waals surface area contributed by atoms with Crippen LogP contribution >= 0.6 is 0 Å². The van der Waals surface area contributed by atoms with Gasteiger partial charge in [0.15, 0.2) is 5.75 Å². The molecule has 0 spiro atoms. The Hall–Kier alpha value is -2.09. The van der Waals surface area contributed by atoms with E-state index in [2.05, 4.69) is 18.4 Å². The highest BCUT2D eigenvalue weighted by Gasteiger charge is 2.13. The first-order valence-electron chi connectivity index (χ1n) is 10.1. The molecule has 0 aliphatic rings. The molecule has 0 heterocycles. The standard InChI is InChI=1S/C22H34O7/c1-4-5-6-7-19(15-26-16-24)10-20-11-21(27-9-8-17(2)14-23)13-22(12-20)29-28-18(3)25/h11-13,19,23-24H,2,4-10,14-16H2,1,3H3. The predicted octanol–water partition coefficient (Wildman–Crippen LogP) is 3.57. The van der Waals surface area contributed by atoms with Crippen molar-refractivity contribution in [1.29, 1.82) is 0 Å². The van der Waals surface area contributed by atoms with E-state index in [1.165, 1.54) is 6.92 Å². The van der Waals surface area contributed by atoms with Gasteiger partial charge in [0, 0.05) is 19.4 Å². The number of hydrogen-bond donors (Lipinski definition) is 2. The first-order chi connectivity index (χ1) is 14.0. The van der Waals surface area contributed by atoms with Gasteiger partial charge >= 0.3 is 5.97 Å². The Kier molecular flexibility index (Phi) is 12.8. The van der Waals surface area contributed by atoms with E-state index in [1.807, 2.05) is 6.07 Å². The summed E-state index contributed by atoms with van der Waals surface area (Å²) in [5, 5.41) is 18.0. The lowest BCUT2D eigenvalue weighted by molar-refractivity contribution is -0.210. The summed E-state index contributed by atoms with van der Waals surface area (Å²) in [4.78, 5) is 20.8. The zero-order valence-corrected chi connectivity index (χ0v) is 17.5. The summed E-state index contributed by atoms with van der Waals surface area (Å²) in [6, 6.07) is 5.35. The Morgan fingerprint density at radius 3 is 2.59 bits per heavy atom. The number of hydrogen-bond acceptors (Lipinski definition) is 7. The number of aliphatic hydroxyl groups is 2. The lowest BCUT2D eigenvalue weighted by Gasteiger charge is -2.18. The number of aliphatic hydroxyl groups excluding tert-OH is 2. The maximum atomic E-state index is 11.1. The van der Waals surface area contributed by atoms with Crippen molar-refractivity contribution in [2.45, 2.75) is 52.4 Å². The summed E-state index contributed by atoms with van der Waals surface area (Å²) in [5.74, 6) is 0.625. The molecule has 164 valence electrons. The molecule has 29 heavy (non-hydrogen) atoms. The molecule has 1 aromatic rings. The fraction of sp³-hybridized carbons (Fsp3) is 0.591. The number of carbonyl (C=O) groups is 1. The van der Waals surface area contributed by atoms with Gasteiger partial charge in [-0.05, 0) is 42.0 Å². The van der Waals surface area contributed by atoms with Gasteiger partial charge in [-0.3, -0.25) is 9.78 Å². The fourth-order valence-electron chi connectivity index (χ4n) is 2.86. The number of benzene rings is 1. The van der Waals surface area contributed by atoms with E-state index in [4.69, 9.17) is 24.6 Å². The van der Waals surface area contributed by atoms with Crippen molar-refractivity contribution in [2.75, 3.05) is 26.6 Å². The van der Waals surface area contributed by atoms with Gasteiger partial charge in [0.25, 0.3) is 0 Å². The highest BCUT2D eigenvalue weighted by atomic mass is 17.2. The summed E-state index contributed by atoms with van der Waals surface area (Å²) in [5.41, 5.74) is 1.64. The van der Waals surface area contributed by atoms with Crippen molar-refractivity contribution < 1.29 is 34.3 Å². The highest BCUT2D eigenvalue weighted by Crippen LogP contribution is 2.27. The molecule has 1 rings (SSSR count). The normalized spacial score (nSPS) is 11.7. The van der Waals surface area contributed by atoms with E-state index in [1.54, 1.807) is 12.1 Å².